The van der Waals surface area contributed by atoms with Gasteiger partial charge in [0.05, 0.1) is 16.3 Å². The van der Waals surface area contributed by atoms with Crippen LogP contribution < -0.4 is 10.6 Å². The summed E-state index contributed by atoms with van der Waals surface area (Å²) in [5.74, 6) is 0.0687. The highest BCUT2D eigenvalue weighted by Gasteiger charge is 2.28. The number of nitrogens with two attached hydrogens (primary N) is 1. The molecule has 18 heavy (non-hydrogen) atoms. The molecule has 2 heterocycles. The van der Waals surface area contributed by atoms with E-state index in [9.17, 15) is 4.79 Å². The minimum Gasteiger partial charge on any atom is -0.397 e. The number of carbonyl (C=O) groups excluding carboxylic acids is 1. The van der Waals surface area contributed by atoms with Crippen LogP contribution in [0.3, 0.4) is 0 Å². The predicted molar refractivity (Wildman–Crippen MR) is 75.3 cm³/mol. The van der Waals surface area contributed by atoms with Gasteiger partial charge in [0, 0.05) is 6.54 Å². The van der Waals surface area contributed by atoms with Gasteiger partial charge in [-0.1, -0.05) is 12.1 Å². The first-order chi connectivity index (χ1) is 8.68. The molecule has 0 fully saturated rings. The third kappa shape index (κ3) is 1.61. The molecule has 0 spiro atoms. The summed E-state index contributed by atoms with van der Waals surface area (Å²) >= 11 is 1.49. The number of carbonyl (C=O) groups is 1. The van der Waals surface area contributed by atoms with Crippen LogP contribution in [0.1, 0.15) is 20.8 Å². The average molecular weight is 258 g/mol. The molecule has 3 nitrogen and oxygen atoms in total. The molecule has 1 aromatic carbocycles. The fourth-order valence-corrected chi connectivity index (χ4v) is 3.28. The van der Waals surface area contributed by atoms with E-state index in [0.29, 0.717) is 5.69 Å². The van der Waals surface area contributed by atoms with Crippen molar-refractivity contribution in [3.63, 3.8) is 0 Å². The molecule has 0 atom stereocenters. The monoisotopic (exact) mass is 258 g/mol. The Balaban J connectivity index is 2.03. The van der Waals surface area contributed by atoms with Gasteiger partial charge in [0.25, 0.3) is 5.91 Å². The summed E-state index contributed by atoms with van der Waals surface area (Å²) in [6.07, 6.45) is 0.885. The minimum absolute atomic E-state index is 0.0687. The van der Waals surface area contributed by atoms with Crippen molar-refractivity contribution in [1.29, 1.82) is 0 Å². The zero-order valence-electron chi connectivity index (χ0n) is 10.1. The molecule has 0 bridgehead atoms. The Morgan fingerprint density at radius 3 is 2.94 bits per heavy atom. The molecule has 0 aliphatic carbocycles. The lowest BCUT2D eigenvalue weighted by atomic mass is 10.1. The van der Waals surface area contributed by atoms with E-state index in [1.807, 2.05) is 41.5 Å². The number of thiophene rings is 1. The largest absolute Gasteiger partial charge is 0.397 e. The van der Waals surface area contributed by atoms with Gasteiger partial charge >= 0.3 is 0 Å². The van der Waals surface area contributed by atoms with Gasteiger partial charge in [0.15, 0.2) is 0 Å². The van der Waals surface area contributed by atoms with E-state index < -0.39 is 0 Å². The Kier molecular flexibility index (Phi) is 2.59. The zero-order chi connectivity index (χ0) is 12.7. The van der Waals surface area contributed by atoms with Gasteiger partial charge < -0.3 is 10.6 Å². The lowest BCUT2D eigenvalue weighted by Crippen LogP contribution is -2.29. The number of amides is 1. The maximum atomic E-state index is 12.5. The number of aryl methyl sites for hydroxylation is 1. The lowest BCUT2D eigenvalue weighted by molar-refractivity contribution is 0.0993. The summed E-state index contributed by atoms with van der Waals surface area (Å²) in [4.78, 5) is 15.1. The van der Waals surface area contributed by atoms with Crippen LogP contribution in [0.15, 0.2) is 29.6 Å². The van der Waals surface area contributed by atoms with E-state index in [1.165, 1.54) is 11.3 Å². The molecule has 2 N–H and O–H groups in total. The fourth-order valence-electron chi connectivity index (χ4n) is 2.40. The molecule has 92 valence electrons. The highest BCUT2D eigenvalue weighted by molar-refractivity contribution is 7.12. The van der Waals surface area contributed by atoms with E-state index in [1.54, 1.807) is 0 Å². The van der Waals surface area contributed by atoms with E-state index in [4.69, 9.17) is 5.73 Å². The summed E-state index contributed by atoms with van der Waals surface area (Å²) in [7, 11) is 0. The first-order valence-electron chi connectivity index (χ1n) is 5.92. The Morgan fingerprint density at radius 1 is 1.39 bits per heavy atom. The minimum atomic E-state index is 0.0687. The van der Waals surface area contributed by atoms with Crippen LogP contribution in [0, 0.1) is 6.92 Å². The Labute approximate surface area is 110 Å². The number of hydrogen-bond acceptors (Lipinski definition) is 3. The number of fused-ring (bicyclic) bond motifs is 1. The van der Waals surface area contributed by atoms with E-state index in [0.717, 1.165) is 34.7 Å². The summed E-state index contributed by atoms with van der Waals surface area (Å²) < 4.78 is 0. The van der Waals surface area contributed by atoms with Gasteiger partial charge in [-0.15, -0.1) is 11.3 Å². The lowest BCUT2D eigenvalue weighted by Gasteiger charge is -2.18. The van der Waals surface area contributed by atoms with Crippen molar-refractivity contribution in [2.24, 2.45) is 0 Å². The third-order valence-corrected chi connectivity index (χ3v) is 4.33. The summed E-state index contributed by atoms with van der Waals surface area (Å²) in [5.41, 5.74) is 9.79. The second kappa shape index (κ2) is 4.14. The summed E-state index contributed by atoms with van der Waals surface area (Å²) in [6, 6.07) is 7.81. The number of rotatable bonds is 1. The van der Waals surface area contributed by atoms with Gasteiger partial charge in [-0.3, -0.25) is 4.79 Å². The first-order valence-corrected chi connectivity index (χ1v) is 6.80. The third-order valence-electron chi connectivity index (χ3n) is 3.33. The molecule has 4 heteroatoms. The molecule has 2 aromatic rings. The van der Waals surface area contributed by atoms with Crippen LogP contribution in [0.25, 0.3) is 0 Å². The van der Waals surface area contributed by atoms with Gasteiger partial charge in [0.2, 0.25) is 0 Å². The highest BCUT2D eigenvalue weighted by atomic mass is 32.1. The van der Waals surface area contributed by atoms with E-state index in [-0.39, 0.29) is 5.91 Å². The van der Waals surface area contributed by atoms with E-state index in [2.05, 4.69) is 0 Å². The Morgan fingerprint density at radius 2 is 2.22 bits per heavy atom. The van der Waals surface area contributed by atoms with Gasteiger partial charge in [-0.25, -0.2) is 0 Å². The van der Waals surface area contributed by atoms with Crippen LogP contribution >= 0.6 is 11.3 Å². The topological polar surface area (TPSA) is 46.3 Å². The van der Waals surface area contributed by atoms with Crippen LogP contribution in [-0.2, 0) is 6.42 Å². The molecule has 0 saturated carbocycles. The molecular formula is C14H14N2OS. The fraction of sp³-hybridized carbons (Fsp3) is 0.214. The number of nitrogen functional groups attached to an aromatic ring is 1. The molecule has 3 rings (SSSR count). The molecule has 1 aliphatic heterocycles. The maximum Gasteiger partial charge on any atom is 0.268 e. The predicted octanol–water partition coefficient (Wildman–Crippen LogP) is 2.84. The molecule has 0 saturated heterocycles. The standard InChI is InChI=1S/C14H14N2OS/c1-9-6-8-18-13(9)14(17)16-7-5-10-3-2-4-11(15)12(10)16/h2-4,6,8H,5,7,15H2,1H3. The Bertz CT molecular complexity index is 618. The number of benzene rings is 1. The smallest absolute Gasteiger partial charge is 0.268 e. The van der Waals surface area contributed by atoms with Crippen molar-refractivity contribution < 1.29 is 4.79 Å². The maximum absolute atomic E-state index is 12.5. The SMILES string of the molecule is Cc1ccsc1C(=O)N1CCc2cccc(N)c21. The van der Waals surface area contributed by atoms with Crippen LogP contribution in [0.4, 0.5) is 11.4 Å². The van der Waals surface area contributed by atoms with Crippen molar-refractivity contribution in [1.82, 2.24) is 0 Å². The van der Waals surface area contributed by atoms with Crippen molar-refractivity contribution in [3.8, 4) is 0 Å². The first kappa shape index (κ1) is 11.3. The van der Waals surface area contributed by atoms with Gasteiger partial charge in [0.1, 0.15) is 0 Å². The number of nitrogens with zero attached hydrogens (tertiary/aromatic N) is 1. The van der Waals surface area contributed by atoms with Crippen molar-refractivity contribution >= 4 is 28.6 Å². The normalized spacial score (nSPS) is 13.7. The summed E-state index contributed by atoms with van der Waals surface area (Å²) in [6.45, 7) is 2.69. The second-order valence-electron chi connectivity index (χ2n) is 4.49. The van der Waals surface area contributed by atoms with Crippen LogP contribution in [-0.4, -0.2) is 12.5 Å². The second-order valence-corrected chi connectivity index (χ2v) is 5.41. The molecule has 1 amide bonds. The highest BCUT2D eigenvalue weighted by Crippen LogP contribution is 2.35. The molecule has 0 radical (unpaired) electrons. The molecule has 0 unspecified atom stereocenters. The quantitative estimate of drug-likeness (QED) is 0.799. The number of para-hydroxylation sites is 1. The molecule has 1 aromatic heterocycles. The van der Waals surface area contributed by atoms with Gasteiger partial charge in [-0.05, 0) is 42.0 Å². The average Bonchev–Trinajstić information content (AvgIpc) is 2.95. The van der Waals surface area contributed by atoms with Crippen LogP contribution in [0.2, 0.25) is 0 Å². The van der Waals surface area contributed by atoms with Crippen molar-refractivity contribution in [2.75, 3.05) is 17.2 Å². The Hall–Kier alpha value is -1.81. The number of anilines is 2. The molecular weight excluding hydrogens is 244 g/mol. The summed E-state index contributed by atoms with van der Waals surface area (Å²) in [5, 5.41) is 1.95. The molecule has 1 aliphatic rings. The van der Waals surface area contributed by atoms with Crippen molar-refractivity contribution in [2.45, 2.75) is 13.3 Å². The zero-order valence-corrected chi connectivity index (χ0v) is 11.0. The number of hydrogen-bond donors (Lipinski definition) is 1. The van der Waals surface area contributed by atoms with E-state index >= 15 is 0 Å². The van der Waals surface area contributed by atoms with Gasteiger partial charge in [-0.2, -0.15) is 0 Å². The van der Waals surface area contributed by atoms with Crippen LogP contribution in [0.5, 0.6) is 0 Å². The van der Waals surface area contributed by atoms with Crippen molar-refractivity contribution in [3.05, 3.63) is 45.6 Å².